The second kappa shape index (κ2) is 9.57. The number of rotatable bonds is 5. The molecule has 184 valence electrons. The number of benzene rings is 1. The molecule has 1 N–H and O–H groups in total. The highest BCUT2D eigenvalue weighted by Crippen LogP contribution is 2.32. The molecule has 0 spiro atoms. The maximum Gasteiger partial charge on any atom is 0.417 e. The molecule has 1 aromatic carbocycles. The zero-order valence-electron chi connectivity index (χ0n) is 19.3. The van der Waals surface area contributed by atoms with Crippen LogP contribution < -0.4 is 5.32 Å². The van der Waals surface area contributed by atoms with Gasteiger partial charge in [0.1, 0.15) is 11.6 Å². The molecule has 3 unspecified atom stereocenters. The average Bonchev–Trinajstić information content (AvgIpc) is 3.34. The number of nitrogens with one attached hydrogen (secondary N) is 1. The Morgan fingerprint density at radius 2 is 1.86 bits per heavy atom. The molecule has 3 atom stereocenters. The third kappa shape index (κ3) is 4.95. The number of halogens is 4. The van der Waals surface area contributed by atoms with Gasteiger partial charge in [-0.05, 0) is 49.5 Å². The van der Waals surface area contributed by atoms with Crippen LogP contribution in [0.4, 0.5) is 23.4 Å². The minimum atomic E-state index is -4.53. The first-order valence-corrected chi connectivity index (χ1v) is 10.9. The van der Waals surface area contributed by atoms with Crippen molar-refractivity contribution in [1.29, 1.82) is 0 Å². The first kappa shape index (κ1) is 25.7. The van der Waals surface area contributed by atoms with E-state index in [9.17, 15) is 22.4 Å². The van der Waals surface area contributed by atoms with E-state index in [0.29, 0.717) is 6.20 Å². The van der Waals surface area contributed by atoms with Gasteiger partial charge in [0.25, 0.3) is 5.91 Å². The van der Waals surface area contributed by atoms with Crippen LogP contribution in [0, 0.1) is 5.82 Å². The smallest absolute Gasteiger partial charge is 0.373 e. The van der Waals surface area contributed by atoms with E-state index in [0.717, 1.165) is 29.1 Å². The Morgan fingerprint density at radius 3 is 2.47 bits per heavy atom. The molecule has 1 aliphatic heterocycles. The van der Waals surface area contributed by atoms with E-state index in [-0.39, 0.29) is 23.6 Å². The SMILES string of the molecule is [B]C1([B])C(C)OC(C)C(CNc2ccc(C(F)(F)F)cn2)N1C(=O)c1cc(F)ccc1-n1nccn1. The molecule has 1 amide bonds. The van der Waals surface area contributed by atoms with Crippen LogP contribution >= 0.6 is 0 Å². The lowest BCUT2D eigenvalue weighted by atomic mass is 9.56. The zero-order chi connectivity index (χ0) is 26.3. The highest BCUT2D eigenvalue weighted by atomic mass is 19.4. The molecular formula is C22H20B2F4N6O2. The number of nitrogens with zero attached hydrogens (tertiary/aromatic N) is 5. The molecule has 1 fully saturated rings. The third-order valence-corrected chi connectivity index (χ3v) is 5.99. The maximum atomic E-state index is 14.2. The van der Waals surface area contributed by atoms with E-state index in [4.69, 9.17) is 20.4 Å². The lowest BCUT2D eigenvalue weighted by molar-refractivity contribution is -0.137. The minimum Gasteiger partial charge on any atom is -0.373 e. The van der Waals surface area contributed by atoms with Crippen molar-refractivity contribution in [2.24, 2.45) is 0 Å². The average molecular weight is 498 g/mol. The fourth-order valence-corrected chi connectivity index (χ4v) is 4.00. The van der Waals surface area contributed by atoms with Gasteiger partial charge in [-0.2, -0.15) is 28.2 Å². The second-order valence-corrected chi connectivity index (χ2v) is 8.40. The van der Waals surface area contributed by atoms with Crippen LogP contribution in [-0.4, -0.2) is 76.6 Å². The number of ether oxygens (including phenoxy) is 1. The van der Waals surface area contributed by atoms with Gasteiger partial charge >= 0.3 is 6.18 Å². The first-order valence-electron chi connectivity index (χ1n) is 10.9. The normalized spacial score (nSPS) is 21.8. The Kier molecular flexibility index (Phi) is 6.82. The summed E-state index contributed by atoms with van der Waals surface area (Å²) >= 11 is 0. The molecule has 0 saturated carbocycles. The summed E-state index contributed by atoms with van der Waals surface area (Å²) in [6, 6.07) is 4.78. The second-order valence-electron chi connectivity index (χ2n) is 8.40. The van der Waals surface area contributed by atoms with Crippen LogP contribution in [0.25, 0.3) is 5.69 Å². The summed E-state index contributed by atoms with van der Waals surface area (Å²) < 4.78 is 58.6. The first-order chi connectivity index (χ1) is 16.9. The molecule has 2 aromatic heterocycles. The number of aromatic nitrogens is 4. The zero-order valence-corrected chi connectivity index (χ0v) is 19.3. The summed E-state index contributed by atoms with van der Waals surface area (Å²) in [5.74, 6) is -1.25. The number of alkyl halides is 3. The lowest BCUT2D eigenvalue weighted by Gasteiger charge is -2.55. The number of carbonyl (C=O) groups excluding carboxylic acids is 1. The van der Waals surface area contributed by atoms with Crippen molar-refractivity contribution in [3.05, 3.63) is 65.9 Å². The van der Waals surface area contributed by atoms with Crippen LogP contribution in [0.2, 0.25) is 0 Å². The van der Waals surface area contributed by atoms with Crippen molar-refractivity contribution in [3.63, 3.8) is 0 Å². The molecule has 0 bridgehead atoms. The van der Waals surface area contributed by atoms with Crippen LogP contribution in [0.15, 0.2) is 48.9 Å². The van der Waals surface area contributed by atoms with Crippen molar-refractivity contribution in [1.82, 2.24) is 24.9 Å². The molecule has 36 heavy (non-hydrogen) atoms. The van der Waals surface area contributed by atoms with Gasteiger partial charge in [-0.15, -0.1) is 0 Å². The predicted molar refractivity (Wildman–Crippen MR) is 123 cm³/mol. The Hall–Kier alpha value is -3.41. The number of anilines is 1. The summed E-state index contributed by atoms with van der Waals surface area (Å²) in [7, 11) is 12.7. The monoisotopic (exact) mass is 498 g/mol. The lowest BCUT2D eigenvalue weighted by Crippen LogP contribution is -2.71. The standard InChI is InChI=1S/C22H20B2F4N6O2/c1-12-18(11-30-19-6-3-14(10-29-19)22(26,27)28)33(21(23,24)13(2)36-12)20(35)16-9-15(25)4-5-17(16)34-31-7-8-32-34/h3-10,12-13,18H,11H2,1-2H3,(H,29,30). The predicted octanol–water partition coefficient (Wildman–Crippen LogP) is 2.54. The van der Waals surface area contributed by atoms with Gasteiger partial charge in [0.05, 0.1) is 63.2 Å². The van der Waals surface area contributed by atoms with Crippen molar-refractivity contribution in [2.45, 2.75) is 43.6 Å². The highest BCUT2D eigenvalue weighted by Gasteiger charge is 2.47. The van der Waals surface area contributed by atoms with Crippen LogP contribution in [0.3, 0.4) is 0 Å². The van der Waals surface area contributed by atoms with Gasteiger partial charge in [0, 0.05) is 12.7 Å². The Bertz CT molecular complexity index is 1220. The number of hydrogen-bond acceptors (Lipinski definition) is 6. The molecule has 4 rings (SSSR count). The molecule has 0 aliphatic carbocycles. The van der Waals surface area contributed by atoms with Crippen LogP contribution in [-0.2, 0) is 10.9 Å². The molecule has 1 saturated heterocycles. The number of hydrogen-bond donors (Lipinski definition) is 1. The van der Waals surface area contributed by atoms with E-state index in [1.807, 2.05) is 0 Å². The topological polar surface area (TPSA) is 85.2 Å². The summed E-state index contributed by atoms with van der Waals surface area (Å²) in [4.78, 5) is 20.0. The van der Waals surface area contributed by atoms with Crippen molar-refractivity contribution in [2.75, 3.05) is 11.9 Å². The largest absolute Gasteiger partial charge is 0.417 e. The fraction of sp³-hybridized carbons (Fsp3) is 0.364. The van der Waals surface area contributed by atoms with E-state index in [2.05, 4.69) is 20.5 Å². The van der Waals surface area contributed by atoms with Crippen molar-refractivity contribution in [3.8, 4) is 5.69 Å². The summed E-state index contributed by atoms with van der Waals surface area (Å²) in [5, 5.41) is 9.11. The molecule has 3 heterocycles. The molecule has 14 heteroatoms. The number of morpholine rings is 1. The summed E-state index contributed by atoms with van der Waals surface area (Å²) in [5.41, 5.74) is -0.794. The van der Waals surface area contributed by atoms with Crippen LogP contribution in [0.1, 0.15) is 29.8 Å². The van der Waals surface area contributed by atoms with E-state index >= 15 is 0 Å². The highest BCUT2D eigenvalue weighted by molar-refractivity contribution is 6.41. The minimum absolute atomic E-state index is 0.0290. The van der Waals surface area contributed by atoms with Crippen LogP contribution in [0.5, 0.6) is 0 Å². The maximum absolute atomic E-state index is 14.2. The number of pyridine rings is 1. The molecule has 1 aliphatic rings. The Balaban J connectivity index is 1.67. The van der Waals surface area contributed by atoms with E-state index in [1.54, 1.807) is 13.8 Å². The van der Waals surface area contributed by atoms with Gasteiger partial charge in [-0.3, -0.25) is 4.79 Å². The number of amides is 1. The molecule has 8 nitrogen and oxygen atoms in total. The number of carbonyl (C=O) groups is 1. The molecular weight excluding hydrogens is 478 g/mol. The quantitative estimate of drug-likeness (QED) is 0.430. The van der Waals surface area contributed by atoms with Gasteiger partial charge in [-0.1, -0.05) is 0 Å². The van der Waals surface area contributed by atoms with Gasteiger partial charge < -0.3 is 15.0 Å². The van der Waals surface area contributed by atoms with E-state index in [1.165, 1.54) is 23.4 Å². The van der Waals surface area contributed by atoms with E-state index < -0.39 is 47.1 Å². The fourth-order valence-electron chi connectivity index (χ4n) is 4.00. The van der Waals surface area contributed by atoms with Gasteiger partial charge in [-0.25, -0.2) is 9.37 Å². The summed E-state index contributed by atoms with van der Waals surface area (Å²) in [6.45, 7) is 3.26. The molecule has 4 radical (unpaired) electrons. The third-order valence-electron chi connectivity index (χ3n) is 5.99. The molecule has 3 aromatic rings. The van der Waals surface area contributed by atoms with Gasteiger partial charge in [0.2, 0.25) is 0 Å². The van der Waals surface area contributed by atoms with Gasteiger partial charge in [0.15, 0.2) is 0 Å². The Morgan fingerprint density at radius 1 is 1.17 bits per heavy atom. The summed E-state index contributed by atoms with van der Waals surface area (Å²) in [6.07, 6.45) is -2.45. The van der Waals surface area contributed by atoms with Crippen molar-refractivity contribution >= 4 is 27.4 Å². The van der Waals surface area contributed by atoms with Crippen molar-refractivity contribution < 1.29 is 27.1 Å². The Labute approximate surface area is 206 Å².